The first-order valence-corrected chi connectivity index (χ1v) is 10.5. The van der Waals surface area contributed by atoms with Crippen LogP contribution in [0.25, 0.3) is 10.2 Å². The van der Waals surface area contributed by atoms with Crippen LogP contribution in [0.15, 0.2) is 48.5 Å². The highest BCUT2D eigenvalue weighted by atomic mass is 32.1. The Bertz CT molecular complexity index is 1020. The number of rotatable bonds is 6. The van der Waals surface area contributed by atoms with Gasteiger partial charge in [-0.3, -0.25) is 20.3 Å². The van der Waals surface area contributed by atoms with Gasteiger partial charge in [-0.15, -0.1) is 0 Å². The fraction of sp³-hybridized carbons (Fsp3) is 0.286. The van der Waals surface area contributed by atoms with Crippen LogP contribution in [0.3, 0.4) is 0 Å². The Morgan fingerprint density at radius 2 is 1.93 bits per heavy atom. The maximum Gasteiger partial charge on any atom is 0.327 e. The number of anilines is 1. The number of benzene rings is 2. The van der Waals surface area contributed by atoms with Gasteiger partial charge >= 0.3 is 6.03 Å². The zero-order valence-electron chi connectivity index (χ0n) is 16.3. The highest BCUT2D eigenvalue weighted by molar-refractivity contribution is 7.22. The van der Waals surface area contributed by atoms with Crippen molar-refractivity contribution in [2.75, 3.05) is 44.8 Å². The van der Waals surface area contributed by atoms with E-state index in [1.165, 1.54) is 11.3 Å². The molecule has 0 atom stereocenters. The van der Waals surface area contributed by atoms with Gasteiger partial charge in [-0.2, -0.15) is 0 Å². The number of amides is 3. The molecule has 0 radical (unpaired) electrons. The average Bonchev–Trinajstić information content (AvgIpc) is 3.16. The molecule has 2 aromatic carbocycles. The first-order chi connectivity index (χ1) is 14.7. The molecule has 8 nitrogen and oxygen atoms in total. The predicted octanol–water partition coefficient (Wildman–Crippen LogP) is 2.97. The quantitative estimate of drug-likeness (QED) is 0.630. The first kappa shape index (κ1) is 20.3. The molecule has 1 aliphatic rings. The van der Waals surface area contributed by atoms with E-state index in [9.17, 15) is 9.59 Å². The van der Waals surface area contributed by atoms with Gasteiger partial charge in [0.2, 0.25) is 0 Å². The van der Waals surface area contributed by atoms with E-state index < -0.39 is 11.9 Å². The summed E-state index contributed by atoms with van der Waals surface area (Å²) in [5.41, 5.74) is 1.17. The predicted molar refractivity (Wildman–Crippen MR) is 115 cm³/mol. The van der Waals surface area contributed by atoms with Crippen LogP contribution in [-0.4, -0.2) is 61.3 Å². The second-order valence-corrected chi connectivity index (χ2v) is 7.76. The van der Waals surface area contributed by atoms with E-state index in [-0.39, 0.29) is 0 Å². The van der Waals surface area contributed by atoms with Crippen molar-refractivity contribution in [3.63, 3.8) is 0 Å². The van der Waals surface area contributed by atoms with E-state index in [1.54, 1.807) is 30.3 Å². The molecular formula is C21H22N4O4S. The minimum absolute atomic E-state index is 0.411. The fourth-order valence-corrected chi connectivity index (χ4v) is 3.95. The number of ether oxygens (including phenoxy) is 2. The number of nitrogens with one attached hydrogen (secondary N) is 2. The maximum absolute atomic E-state index is 12.1. The van der Waals surface area contributed by atoms with Gasteiger partial charge < -0.3 is 9.47 Å². The molecule has 0 spiro atoms. The topological polar surface area (TPSA) is 92.8 Å². The Morgan fingerprint density at radius 3 is 2.73 bits per heavy atom. The second kappa shape index (κ2) is 9.66. The molecule has 1 aromatic heterocycles. The zero-order valence-corrected chi connectivity index (χ0v) is 17.1. The number of morpholine rings is 1. The van der Waals surface area contributed by atoms with Crippen molar-refractivity contribution in [3.8, 4) is 5.75 Å². The van der Waals surface area contributed by atoms with Gasteiger partial charge in [-0.05, 0) is 30.3 Å². The summed E-state index contributed by atoms with van der Waals surface area (Å²) in [5.74, 6) is 0.292. The molecule has 9 heteroatoms. The van der Waals surface area contributed by atoms with Gasteiger partial charge in [0, 0.05) is 25.2 Å². The lowest BCUT2D eigenvalue weighted by Gasteiger charge is -2.26. The molecule has 3 amide bonds. The molecule has 2 N–H and O–H groups in total. The van der Waals surface area contributed by atoms with E-state index >= 15 is 0 Å². The van der Waals surface area contributed by atoms with Crippen molar-refractivity contribution in [1.29, 1.82) is 0 Å². The minimum atomic E-state index is -0.620. The lowest BCUT2D eigenvalue weighted by molar-refractivity contribution is 0.0322. The number of fused-ring (bicyclic) bond motifs is 1. The molecule has 30 heavy (non-hydrogen) atoms. The normalized spacial score (nSPS) is 14.4. The number of urea groups is 1. The van der Waals surface area contributed by atoms with Crippen molar-refractivity contribution < 1.29 is 19.1 Å². The Hall–Kier alpha value is -3.01. The molecule has 3 aromatic rings. The molecular weight excluding hydrogens is 404 g/mol. The van der Waals surface area contributed by atoms with Crippen LogP contribution in [-0.2, 0) is 4.74 Å². The van der Waals surface area contributed by atoms with Gasteiger partial charge in [0.15, 0.2) is 5.13 Å². The molecule has 4 rings (SSSR count). The summed E-state index contributed by atoms with van der Waals surface area (Å²) in [6, 6.07) is 13.6. The number of aromatic nitrogens is 1. The van der Waals surface area contributed by atoms with Gasteiger partial charge in [-0.25, -0.2) is 9.78 Å². The van der Waals surface area contributed by atoms with E-state index in [2.05, 4.69) is 20.5 Å². The molecule has 156 valence electrons. The summed E-state index contributed by atoms with van der Waals surface area (Å²) in [6.07, 6.45) is 0. The van der Waals surface area contributed by atoms with Crippen LogP contribution in [0.2, 0.25) is 0 Å². The highest BCUT2D eigenvalue weighted by Gasteiger charge is 2.13. The van der Waals surface area contributed by atoms with E-state index in [1.807, 2.05) is 18.2 Å². The number of hydrogen-bond donors (Lipinski definition) is 2. The van der Waals surface area contributed by atoms with Crippen molar-refractivity contribution in [3.05, 3.63) is 54.1 Å². The molecule has 0 unspecified atom stereocenters. The molecule has 0 bridgehead atoms. The number of imide groups is 1. The number of carbonyl (C=O) groups is 2. The van der Waals surface area contributed by atoms with Gasteiger partial charge in [0.05, 0.1) is 23.4 Å². The third-order valence-electron chi connectivity index (χ3n) is 4.62. The minimum Gasteiger partial charge on any atom is -0.492 e. The van der Waals surface area contributed by atoms with Crippen molar-refractivity contribution in [2.45, 2.75) is 0 Å². The molecule has 1 fully saturated rings. The van der Waals surface area contributed by atoms with Crippen molar-refractivity contribution >= 4 is 38.6 Å². The maximum atomic E-state index is 12.1. The summed E-state index contributed by atoms with van der Waals surface area (Å²) in [4.78, 5) is 30.9. The standard InChI is InChI=1S/C21H22N4O4S/c26-19(15-4-2-1-3-5-15)23-20(27)24-21-22-17-7-6-16(14-18(17)30-21)29-13-10-25-8-11-28-12-9-25/h1-7,14H,8-13H2,(H2,22,23,24,26,27). The average molecular weight is 426 g/mol. The Kier molecular flexibility index (Phi) is 6.53. The Morgan fingerprint density at radius 1 is 1.13 bits per heavy atom. The number of thiazole rings is 1. The molecule has 2 heterocycles. The smallest absolute Gasteiger partial charge is 0.327 e. The van der Waals surface area contributed by atoms with Crippen LogP contribution < -0.4 is 15.4 Å². The molecule has 1 saturated heterocycles. The lowest BCUT2D eigenvalue weighted by atomic mass is 10.2. The lowest BCUT2D eigenvalue weighted by Crippen LogP contribution is -2.38. The highest BCUT2D eigenvalue weighted by Crippen LogP contribution is 2.29. The summed E-state index contributed by atoms with van der Waals surface area (Å²) in [5, 5.41) is 5.32. The van der Waals surface area contributed by atoms with Crippen molar-refractivity contribution in [1.82, 2.24) is 15.2 Å². The zero-order chi connectivity index (χ0) is 20.8. The monoisotopic (exact) mass is 426 g/mol. The van der Waals surface area contributed by atoms with Crippen LogP contribution in [0.4, 0.5) is 9.93 Å². The van der Waals surface area contributed by atoms with Gasteiger partial charge in [0.1, 0.15) is 12.4 Å². The number of carbonyl (C=O) groups excluding carboxylic acids is 2. The fourth-order valence-electron chi connectivity index (χ4n) is 3.06. The van der Waals surface area contributed by atoms with Crippen LogP contribution in [0, 0.1) is 0 Å². The van der Waals surface area contributed by atoms with Crippen LogP contribution in [0.1, 0.15) is 10.4 Å². The van der Waals surface area contributed by atoms with E-state index in [4.69, 9.17) is 9.47 Å². The first-order valence-electron chi connectivity index (χ1n) is 9.68. The summed E-state index contributed by atoms with van der Waals surface area (Å²) < 4.78 is 12.1. The Labute approximate surface area is 177 Å². The van der Waals surface area contributed by atoms with Crippen molar-refractivity contribution in [2.24, 2.45) is 0 Å². The second-order valence-electron chi connectivity index (χ2n) is 6.73. The third-order valence-corrected chi connectivity index (χ3v) is 5.56. The van der Waals surface area contributed by atoms with E-state index in [0.29, 0.717) is 17.3 Å². The number of hydrogen-bond acceptors (Lipinski definition) is 7. The summed E-state index contributed by atoms with van der Waals surface area (Å²) in [7, 11) is 0. The number of nitrogens with zero attached hydrogens (tertiary/aromatic N) is 2. The SMILES string of the molecule is O=C(NC(=O)c1ccccc1)Nc1nc2ccc(OCCN3CCOCC3)cc2s1. The largest absolute Gasteiger partial charge is 0.492 e. The van der Waals surface area contributed by atoms with Crippen LogP contribution >= 0.6 is 11.3 Å². The molecule has 1 aliphatic heterocycles. The summed E-state index contributed by atoms with van der Waals surface area (Å²) >= 11 is 1.32. The van der Waals surface area contributed by atoms with Gasteiger partial charge in [-0.1, -0.05) is 29.5 Å². The van der Waals surface area contributed by atoms with Crippen LogP contribution in [0.5, 0.6) is 5.75 Å². The molecule has 0 aliphatic carbocycles. The van der Waals surface area contributed by atoms with E-state index in [0.717, 1.165) is 48.8 Å². The molecule has 0 saturated carbocycles. The summed E-state index contributed by atoms with van der Waals surface area (Å²) in [6.45, 7) is 4.86. The Balaban J connectivity index is 1.31. The third kappa shape index (κ3) is 5.32. The van der Waals surface area contributed by atoms with Gasteiger partial charge in [0.25, 0.3) is 5.91 Å².